The van der Waals surface area contributed by atoms with Crippen molar-refractivity contribution in [2.45, 2.75) is 6.92 Å². The number of aliphatic carboxylic acids is 1. The van der Waals surface area contributed by atoms with Crippen molar-refractivity contribution in [3.05, 3.63) is 0 Å². The van der Waals surface area contributed by atoms with Gasteiger partial charge in [-0.1, -0.05) is 0 Å². The van der Waals surface area contributed by atoms with Crippen molar-refractivity contribution >= 4 is 5.97 Å². The number of carbonyl (C=O) groups is 1. The minimum atomic E-state index is -0.833. The Bertz CT molecular complexity index is 35.5. The fourth-order valence-electron chi connectivity index (χ4n) is 0. The number of carboxylic acid groups (broad SMARTS) is 1. The minimum Gasteiger partial charge on any atom is -0.481 e. The van der Waals surface area contributed by atoms with E-state index in [9.17, 15) is 0 Å². The molecule has 0 aliphatic rings. The smallest absolute Gasteiger partial charge is 0.300 e. The van der Waals surface area contributed by atoms with Gasteiger partial charge in [0.05, 0.1) is 0 Å². The third-order valence-electron chi connectivity index (χ3n) is 0. The molecular formula is C2H18FeO9. The summed E-state index contributed by atoms with van der Waals surface area (Å²) in [4.78, 5) is 9.00. The Kier molecular flexibility index (Phi) is 2100. The minimum absolute atomic E-state index is 0. The van der Waals surface area contributed by atoms with Crippen LogP contribution in [0.4, 0.5) is 0 Å². The molecule has 0 aromatic rings. The van der Waals surface area contributed by atoms with Crippen LogP contribution in [0.1, 0.15) is 6.92 Å². The monoisotopic (exact) mass is 242 g/mol. The Hall–Kier alpha value is -0.291. The van der Waals surface area contributed by atoms with E-state index in [1.807, 2.05) is 0 Å². The molecule has 0 unspecified atom stereocenters. The summed E-state index contributed by atoms with van der Waals surface area (Å²) in [6, 6.07) is 0. The Morgan fingerprint density at radius 1 is 0.833 bits per heavy atom. The normalized spacial score (nSPS) is 2.08. The summed E-state index contributed by atoms with van der Waals surface area (Å²) in [6.45, 7) is 1.08. The maximum Gasteiger partial charge on any atom is 0.300 e. The van der Waals surface area contributed by atoms with Gasteiger partial charge in [0.2, 0.25) is 0 Å². The Morgan fingerprint density at radius 3 is 0.833 bits per heavy atom. The van der Waals surface area contributed by atoms with Gasteiger partial charge in [-0.3, -0.25) is 4.79 Å². The summed E-state index contributed by atoms with van der Waals surface area (Å²) in [5.74, 6) is -0.833. The average Bonchev–Trinajstić information content (AvgIpc) is 0.811. The van der Waals surface area contributed by atoms with E-state index in [2.05, 4.69) is 0 Å². The molecule has 0 aromatic heterocycles. The first-order chi connectivity index (χ1) is 1.73. The molecule has 0 saturated heterocycles. The molecule has 0 aliphatic carbocycles. The van der Waals surface area contributed by atoms with Gasteiger partial charge in [0, 0.05) is 24.0 Å². The molecule has 0 saturated carbocycles. The molecule has 0 radical (unpaired) electrons. The fourth-order valence-corrected chi connectivity index (χ4v) is 0. The van der Waals surface area contributed by atoms with Crippen molar-refractivity contribution in [3.63, 3.8) is 0 Å². The fraction of sp³-hybridized carbons (Fsp3) is 0.500. The first kappa shape index (κ1) is 183. The molecule has 15 N–H and O–H groups in total. The van der Waals surface area contributed by atoms with Crippen LogP contribution in [-0.4, -0.2) is 49.4 Å². The zero-order valence-corrected chi connectivity index (χ0v) is 7.31. The number of carboxylic acids is 1. The Balaban J connectivity index is -0.00000000161. The van der Waals surface area contributed by atoms with Crippen LogP contribution in [0.5, 0.6) is 0 Å². The van der Waals surface area contributed by atoms with E-state index in [1.165, 1.54) is 0 Å². The van der Waals surface area contributed by atoms with Gasteiger partial charge >= 0.3 is 0 Å². The SMILES string of the molecule is CC(=O)O.O.O.O.O.O.O.O.[Fe]. The second kappa shape index (κ2) is 138. The van der Waals surface area contributed by atoms with Crippen molar-refractivity contribution in [3.8, 4) is 0 Å². The maximum atomic E-state index is 9.00. The van der Waals surface area contributed by atoms with E-state index in [1.54, 1.807) is 0 Å². The van der Waals surface area contributed by atoms with Gasteiger partial charge in [-0.05, 0) is 0 Å². The molecule has 0 heterocycles. The summed E-state index contributed by atoms with van der Waals surface area (Å²) in [5, 5.41) is 7.42. The first-order valence-corrected chi connectivity index (χ1v) is 0.928. The molecule has 9 nitrogen and oxygen atoms in total. The van der Waals surface area contributed by atoms with Crippen LogP contribution >= 0.6 is 0 Å². The van der Waals surface area contributed by atoms with Crippen LogP contribution in [-0.2, 0) is 21.9 Å². The van der Waals surface area contributed by atoms with Crippen LogP contribution in [0.2, 0.25) is 0 Å². The van der Waals surface area contributed by atoms with E-state index >= 15 is 0 Å². The quantitative estimate of drug-likeness (QED) is 0.406. The van der Waals surface area contributed by atoms with Gasteiger partial charge in [-0.2, -0.15) is 0 Å². The summed E-state index contributed by atoms with van der Waals surface area (Å²) in [7, 11) is 0. The predicted molar refractivity (Wildman–Crippen MR) is 38.6 cm³/mol. The van der Waals surface area contributed by atoms with Crippen molar-refractivity contribution in [2.24, 2.45) is 0 Å². The van der Waals surface area contributed by atoms with E-state index in [0.717, 1.165) is 6.92 Å². The Labute approximate surface area is 79.0 Å². The largest absolute Gasteiger partial charge is 0.481 e. The van der Waals surface area contributed by atoms with Crippen LogP contribution < -0.4 is 0 Å². The standard InChI is InChI=1S/C2H4O2.Fe.7H2O/c1-2(3)4;;;;;;;;/h1H3,(H,3,4);;7*1H2. The molecule has 88 valence electrons. The molecule has 10 heteroatoms. The van der Waals surface area contributed by atoms with E-state index in [0.29, 0.717) is 0 Å². The zero-order chi connectivity index (χ0) is 3.58. The predicted octanol–water partition coefficient (Wildman–Crippen LogP) is -5.68. The second-order valence-electron chi connectivity index (χ2n) is 0.519. The molecule has 0 rings (SSSR count). The topological polar surface area (TPSA) is 258 Å². The van der Waals surface area contributed by atoms with Gasteiger partial charge in [0.15, 0.2) is 0 Å². The molecule has 0 spiro atoms. The molecule has 0 aromatic carbocycles. The van der Waals surface area contributed by atoms with Crippen molar-refractivity contribution in [1.29, 1.82) is 0 Å². The molecule has 0 fully saturated rings. The zero-order valence-electron chi connectivity index (χ0n) is 6.21. The van der Waals surface area contributed by atoms with Crippen LogP contribution in [0.3, 0.4) is 0 Å². The molecule has 0 atom stereocenters. The van der Waals surface area contributed by atoms with Gasteiger partial charge < -0.3 is 43.4 Å². The molecule has 12 heavy (non-hydrogen) atoms. The molecule has 0 aliphatic heterocycles. The van der Waals surface area contributed by atoms with Gasteiger partial charge in [0.1, 0.15) is 0 Å². The van der Waals surface area contributed by atoms with Crippen LogP contribution in [0.15, 0.2) is 0 Å². The summed E-state index contributed by atoms with van der Waals surface area (Å²) in [5.41, 5.74) is 0. The third-order valence-corrected chi connectivity index (χ3v) is 0. The van der Waals surface area contributed by atoms with Crippen LogP contribution in [0.25, 0.3) is 0 Å². The summed E-state index contributed by atoms with van der Waals surface area (Å²) >= 11 is 0. The van der Waals surface area contributed by atoms with Crippen LogP contribution in [0, 0.1) is 0 Å². The number of hydrogen-bond donors (Lipinski definition) is 1. The van der Waals surface area contributed by atoms with Gasteiger partial charge in [-0.15, -0.1) is 0 Å². The van der Waals surface area contributed by atoms with Gasteiger partial charge in [-0.25, -0.2) is 0 Å². The summed E-state index contributed by atoms with van der Waals surface area (Å²) < 4.78 is 0. The Morgan fingerprint density at radius 2 is 0.833 bits per heavy atom. The first-order valence-electron chi connectivity index (χ1n) is 0.928. The maximum absolute atomic E-state index is 9.00. The average molecular weight is 242 g/mol. The van der Waals surface area contributed by atoms with Gasteiger partial charge in [0.25, 0.3) is 5.97 Å². The van der Waals surface area contributed by atoms with E-state index in [4.69, 9.17) is 9.90 Å². The summed E-state index contributed by atoms with van der Waals surface area (Å²) in [6.07, 6.45) is 0. The second-order valence-corrected chi connectivity index (χ2v) is 0.519. The third kappa shape index (κ3) is 8730. The molecule has 0 amide bonds. The van der Waals surface area contributed by atoms with Crippen molar-refractivity contribution in [2.75, 3.05) is 0 Å². The van der Waals surface area contributed by atoms with Crippen molar-refractivity contribution in [1.82, 2.24) is 0 Å². The number of hydrogen-bond acceptors (Lipinski definition) is 1. The van der Waals surface area contributed by atoms with E-state index < -0.39 is 5.97 Å². The molecular weight excluding hydrogens is 224 g/mol. The van der Waals surface area contributed by atoms with E-state index in [-0.39, 0.29) is 55.4 Å². The van der Waals surface area contributed by atoms with Crippen molar-refractivity contribution < 1.29 is 65.3 Å². The molecule has 0 bridgehead atoms. The number of rotatable bonds is 0.